The van der Waals surface area contributed by atoms with Gasteiger partial charge in [-0.1, -0.05) is 18.2 Å². The second kappa shape index (κ2) is 7.53. The molecule has 2 N–H and O–H groups in total. The summed E-state index contributed by atoms with van der Waals surface area (Å²) >= 11 is 0. The molecule has 1 aromatic heterocycles. The minimum Gasteiger partial charge on any atom is -0.497 e. The van der Waals surface area contributed by atoms with E-state index in [0.717, 1.165) is 22.4 Å². The number of carbonyl (C=O) groups excluding carboxylic acids is 1. The third-order valence-corrected chi connectivity index (χ3v) is 4.15. The van der Waals surface area contributed by atoms with E-state index in [-0.39, 0.29) is 11.9 Å². The van der Waals surface area contributed by atoms with E-state index in [2.05, 4.69) is 21.6 Å². The van der Waals surface area contributed by atoms with Crippen molar-refractivity contribution in [1.82, 2.24) is 15.5 Å². The average molecular weight is 346 g/mol. The van der Waals surface area contributed by atoms with Gasteiger partial charge in [-0.2, -0.15) is 10.4 Å². The van der Waals surface area contributed by atoms with Crippen LogP contribution in [0.1, 0.15) is 34.5 Å². The first-order valence-corrected chi connectivity index (χ1v) is 8.10. The maximum absolute atomic E-state index is 12.6. The summed E-state index contributed by atoms with van der Waals surface area (Å²) in [5.74, 6) is 0.496. The van der Waals surface area contributed by atoms with Crippen molar-refractivity contribution >= 4 is 5.91 Å². The Labute approximate surface area is 151 Å². The van der Waals surface area contributed by atoms with Gasteiger partial charge < -0.3 is 10.1 Å². The van der Waals surface area contributed by atoms with Crippen LogP contribution < -0.4 is 10.1 Å². The minimum absolute atomic E-state index is 0.198. The molecule has 26 heavy (non-hydrogen) atoms. The van der Waals surface area contributed by atoms with Gasteiger partial charge in [0.25, 0.3) is 5.91 Å². The summed E-state index contributed by atoms with van der Waals surface area (Å²) in [5, 5.41) is 19.0. The summed E-state index contributed by atoms with van der Waals surface area (Å²) < 4.78 is 5.22. The van der Waals surface area contributed by atoms with E-state index in [0.29, 0.717) is 11.1 Å². The lowest BCUT2D eigenvalue weighted by atomic mass is 10.00. The van der Waals surface area contributed by atoms with E-state index in [1.54, 1.807) is 37.7 Å². The van der Waals surface area contributed by atoms with Crippen LogP contribution in [0.25, 0.3) is 11.1 Å². The first-order chi connectivity index (χ1) is 12.6. The zero-order valence-corrected chi connectivity index (χ0v) is 14.5. The number of nitrogens with one attached hydrogen (secondary N) is 2. The van der Waals surface area contributed by atoms with Gasteiger partial charge in [-0.15, -0.1) is 0 Å². The van der Waals surface area contributed by atoms with Gasteiger partial charge in [-0.05, 0) is 36.8 Å². The quantitative estimate of drug-likeness (QED) is 0.740. The molecule has 1 amide bonds. The molecule has 0 radical (unpaired) electrons. The van der Waals surface area contributed by atoms with Crippen LogP contribution in [-0.4, -0.2) is 23.2 Å². The van der Waals surface area contributed by atoms with Crippen LogP contribution in [0.3, 0.4) is 0 Å². The van der Waals surface area contributed by atoms with Crippen molar-refractivity contribution in [2.24, 2.45) is 0 Å². The zero-order valence-electron chi connectivity index (χ0n) is 14.5. The lowest BCUT2D eigenvalue weighted by Crippen LogP contribution is -2.26. The highest BCUT2D eigenvalue weighted by molar-refractivity contribution is 5.95. The molecule has 0 aliphatic carbocycles. The molecular formula is C20H18N4O2. The van der Waals surface area contributed by atoms with Crippen LogP contribution >= 0.6 is 0 Å². The van der Waals surface area contributed by atoms with Gasteiger partial charge in [0.2, 0.25) is 0 Å². The predicted octanol–water partition coefficient (Wildman–Crippen LogP) is 3.45. The summed E-state index contributed by atoms with van der Waals surface area (Å²) in [6, 6.07) is 14.5. The number of ether oxygens (including phenoxy) is 1. The second-order valence-electron chi connectivity index (χ2n) is 5.83. The highest BCUT2D eigenvalue weighted by Gasteiger charge is 2.15. The molecule has 0 bridgehead atoms. The van der Waals surface area contributed by atoms with Crippen molar-refractivity contribution in [2.75, 3.05) is 7.11 Å². The Balaban J connectivity index is 1.80. The monoisotopic (exact) mass is 346 g/mol. The number of nitriles is 1. The predicted molar refractivity (Wildman–Crippen MR) is 97.6 cm³/mol. The van der Waals surface area contributed by atoms with Crippen LogP contribution in [0.15, 0.2) is 54.9 Å². The van der Waals surface area contributed by atoms with Crippen LogP contribution in [0.4, 0.5) is 0 Å². The first-order valence-electron chi connectivity index (χ1n) is 8.10. The Morgan fingerprint density at radius 1 is 1.31 bits per heavy atom. The zero-order chi connectivity index (χ0) is 18.5. The van der Waals surface area contributed by atoms with Gasteiger partial charge >= 0.3 is 0 Å². The lowest BCUT2D eigenvalue weighted by Gasteiger charge is -2.15. The molecule has 1 heterocycles. The Morgan fingerprint density at radius 3 is 2.85 bits per heavy atom. The van der Waals surface area contributed by atoms with Crippen LogP contribution in [0.2, 0.25) is 0 Å². The number of H-pyrrole nitrogens is 1. The normalized spacial score (nSPS) is 11.4. The lowest BCUT2D eigenvalue weighted by molar-refractivity contribution is 0.0940. The summed E-state index contributed by atoms with van der Waals surface area (Å²) in [6.45, 7) is 1.90. The number of amides is 1. The van der Waals surface area contributed by atoms with E-state index >= 15 is 0 Å². The highest BCUT2D eigenvalue weighted by atomic mass is 16.5. The summed E-state index contributed by atoms with van der Waals surface area (Å²) in [7, 11) is 1.60. The fourth-order valence-electron chi connectivity index (χ4n) is 2.70. The second-order valence-corrected chi connectivity index (χ2v) is 5.83. The van der Waals surface area contributed by atoms with Crippen molar-refractivity contribution in [3.05, 3.63) is 71.5 Å². The van der Waals surface area contributed by atoms with Gasteiger partial charge in [0.05, 0.1) is 31.0 Å². The molecule has 3 rings (SSSR count). The van der Waals surface area contributed by atoms with Gasteiger partial charge in [-0.25, -0.2) is 0 Å². The summed E-state index contributed by atoms with van der Waals surface area (Å²) in [5.41, 5.74) is 3.33. The van der Waals surface area contributed by atoms with Crippen molar-refractivity contribution in [3.63, 3.8) is 0 Å². The van der Waals surface area contributed by atoms with E-state index in [9.17, 15) is 10.1 Å². The number of nitrogens with zero attached hydrogens (tertiary/aromatic N) is 2. The Morgan fingerprint density at radius 2 is 2.15 bits per heavy atom. The number of aromatic amines is 1. The van der Waals surface area contributed by atoms with E-state index in [1.807, 2.05) is 31.2 Å². The van der Waals surface area contributed by atoms with Crippen LogP contribution in [0, 0.1) is 11.3 Å². The molecule has 3 aromatic rings. The standard InChI is InChI=1S/C20H18N4O2/c1-13(14-4-3-5-18(9-14)26-2)24-20(25)15-6-7-19(16(8-15)10-21)17-11-22-23-12-17/h3-9,11-13H,1-2H3,(H,22,23)(H,24,25). The maximum atomic E-state index is 12.6. The van der Waals surface area contributed by atoms with E-state index in [4.69, 9.17) is 4.74 Å². The number of benzene rings is 2. The molecule has 0 spiro atoms. The summed E-state index contributed by atoms with van der Waals surface area (Å²) in [4.78, 5) is 12.6. The summed E-state index contributed by atoms with van der Waals surface area (Å²) in [6.07, 6.45) is 3.35. The third-order valence-electron chi connectivity index (χ3n) is 4.15. The van der Waals surface area contributed by atoms with E-state index < -0.39 is 0 Å². The van der Waals surface area contributed by atoms with Crippen molar-refractivity contribution in [2.45, 2.75) is 13.0 Å². The van der Waals surface area contributed by atoms with Gasteiger partial charge in [0.1, 0.15) is 5.75 Å². The van der Waals surface area contributed by atoms with Crippen LogP contribution in [0.5, 0.6) is 5.75 Å². The van der Waals surface area contributed by atoms with Gasteiger partial charge in [0.15, 0.2) is 0 Å². The molecule has 2 aromatic carbocycles. The van der Waals surface area contributed by atoms with Crippen LogP contribution in [-0.2, 0) is 0 Å². The smallest absolute Gasteiger partial charge is 0.251 e. The molecule has 1 unspecified atom stereocenters. The largest absolute Gasteiger partial charge is 0.497 e. The average Bonchev–Trinajstić information content (AvgIpc) is 3.22. The molecule has 1 atom stereocenters. The molecular weight excluding hydrogens is 328 g/mol. The number of carbonyl (C=O) groups is 1. The molecule has 0 saturated heterocycles. The Kier molecular flexibility index (Phi) is 4.99. The van der Waals surface area contributed by atoms with Gasteiger partial charge in [0, 0.05) is 22.9 Å². The molecule has 0 aliphatic heterocycles. The van der Waals surface area contributed by atoms with E-state index in [1.165, 1.54) is 0 Å². The topological polar surface area (TPSA) is 90.8 Å². The highest BCUT2D eigenvalue weighted by Crippen LogP contribution is 2.24. The fourth-order valence-corrected chi connectivity index (χ4v) is 2.70. The Bertz CT molecular complexity index is 958. The number of rotatable bonds is 5. The molecule has 6 nitrogen and oxygen atoms in total. The third kappa shape index (κ3) is 3.57. The maximum Gasteiger partial charge on any atom is 0.251 e. The number of aromatic nitrogens is 2. The number of hydrogen-bond acceptors (Lipinski definition) is 4. The molecule has 130 valence electrons. The Hall–Kier alpha value is -3.59. The fraction of sp³-hybridized carbons (Fsp3) is 0.150. The van der Waals surface area contributed by atoms with Crippen molar-refractivity contribution < 1.29 is 9.53 Å². The number of hydrogen-bond donors (Lipinski definition) is 2. The SMILES string of the molecule is COc1cccc(C(C)NC(=O)c2ccc(-c3cn[nH]c3)c(C#N)c2)c1. The minimum atomic E-state index is -0.240. The molecule has 0 aliphatic rings. The van der Waals surface area contributed by atoms with Crippen molar-refractivity contribution in [1.29, 1.82) is 5.26 Å². The van der Waals surface area contributed by atoms with Crippen molar-refractivity contribution in [3.8, 4) is 22.9 Å². The molecule has 0 fully saturated rings. The molecule has 0 saturated carbocycles. The first kappa shape index (κ1) is 17.2. The van der Waals surface area contributed by atoms with Gasteiger partial charge in [-0.3, -0.25) is 9.89 Å². The number of methoxy groups -OCH3 is 1. The molecule has 6 heteroatoms.